The molecule has 0 fully saturated rings. The lowest BCUT2D eigenvalue weighted by Crippen LogP contribution is -2.36. The minimum absolute atomic E-state index is 0.139. The Kier molecular flexibility index (Phi) is 6.03. The quantitative estimate of drug-likeness (QED) is 0.614. The summed E-state index contributed by atoms with van der Waals surface area (Å²) in [5, 5.41) is 0.566. The molecule has 0 saturated carbocycles. The summed E-state index contributed by atoms with van der Waals surface area (Å²) in [6, 6.07) is 11.5. The van der Waals surface area contributed by atoms with E-state index in [0.717, 1.165) is 10.4 Å². The molecule has 1 aromatic heterocycles. The van der Waals surface area contributed by atoms with Crippen LogP contribution in [0.15, 0.2) is 42.5 Å². The Labute approximate surface area is 162 Å². The van der Waals surface area contributed by atoms with Crippen LogP contribution in [0, 0.1) is 5.82 Å². The largest absolute Gasteiger partial charge is 0.494 e. The molecule has 0 atom stereocenters. The molecule has 0 aliphatic rings. The molecule has 2 aromatic carbocycles. The molecular formula is C20H22FN3O2S. The molecule has 0 N–H and O–H groups in total. The third kappa shape index (κ3) is 4.61. The lowest BCUT2D eigenvalue weighted by molar-refractivity contribution is 0.0985. The molecule has 0 spiro atoms. The van der Waals surface area contributed by atoms with Crippen molar-refractivity contribution in [2.24, 2.45) is 0 Å². The number of rotatable bonds is 7. The van der Waals surface area contributed by atoms with Crippen LogP contribution in [0.3, 0.4) is 0 Å². The van der Waals surface area contributed by atoms with E-state index in [4.69, 9.17) is 4.74 Å². The number of fused-ring (bicyclic) bond motifs is 1. The number of hydrogen-bond donors (Lipinski definition) is 0. The minimum atomic E-state index is -0.310. The van der Waals surface area contributed by atoms with Gasteiger partial charge in [0.1, 0.15) is 11.6 Å². The van der Waals surface area contributed by atoms with Gasteiger partial charge >= 0.3 is 0 Å². The fraction of sp³-hybridized carbons (Fsp3) is 0.300. The summed E-state index contributed by atoms with van der Waals surface area (Å²) in [4.78, 5) is 21.3. The van der Waals surface area contributed by atoms with E-state index in [-0.39, 0.29) is 11.7 Å². The maximum Gasteiger partial charge on any atom is 0.260 e. The minimum Gasteiger partial charge on any atom is -0.494 e. The molecule has 7 heteroatoms. The van der Waals surface area contributed by atoms with Gasteiger partial charge in [0.2, 0.25) is 0 Å². The van der Waals surface area contributed by atoms with Gasteiger partial charge in [0.25, 0.3) is 5.91 Å². The number of aromatic nitrogens is 1. The Hall–Kier alpha value is -2.51. The lowest BCUT2D eigenvalue weighted by Gasteiger charge is -2.22. The molecule has 3 aromatic rings. The molecule has 0 saturated heterocycles. The number of nitrogens with zero attached hydrogens (tertiary/aromatic N) is 3. The first-order chi connectivity index (χ1) is 13.0. The first kappa shape index (κ1) is 19.3. The van der Waals surface area contributed by atoms with Gasteiger partial charge in [-0.2, -0.15) is 0 Å². The summed E-state index contributed by atoms with van der Waals surface area (Å²) in [5.41, 5.74) is 1.24. The molecule has 0 aliphatic heterocycles. The predicted octanol–water partition coefficient (Wildman–Crippen LogP) is 4.04. The van der Waals surface area contributed by atoms with Gasteiger partial charge in [-0.1, -0.05) is 11.3 Å². The summed E-state index contributed by atoms with van der Waals surface area (Å²) < 4.78 is 19.7. The van der Waals surface area contributed by atoms with Crippen LogP contribution in [0.1, 0.15) is 17.3 Å². The van der Waals surface area contributed by atoms with E-state index in [9.17, 15) is 9.18 Å². The van der Waals surface area contributed by atoms with Crippen molar-refractivity contribution in [3.8, 4) is 5.75 Å². The standard InChI is InChI=1S/C20H22FN3O2S/c1-4-26-16-8-5-14(6-9-16)19(25)24(12-11-23(2)3)20-22-17-10-7-15(21)13-18(17)27-20/h5-10,13H,4,11-12H2,1-3H3. The summed E-state index contributed by atoms with van der Waals surface area (Å²) in [6.45, 7) is 3.66. The van der Waals surface area contributed by atoms with Crippen LogP contribution >= 0.6 is 11.3 Å². The van der Waals surface area contributed by atoms with Gasteiger partial charge in [-0.15, -0.1) is 0 Å². The molecule has 142 valence electrons. The average molecular weight is 387 g/mol. The zero-order valence-corrected chi connectivity index (χ0v) is 16.4. The van der Waals surface area contributed by atoms with E-state index >= 15 is 0 Å². The van der Waals surface area contributed by atoms with Crippen LogP contribution in [0.5, 0.6) is 5.75 Å². The topological polar surface area (TPSA) is 45.7 Å². The van der Waals surface area contributed by atoms with Crippen molar-refractivity contribution in [3.63, 3.8) is 0 Å². The monoisotopic (exact) mass is 387 g/mol. The second-order valence-electron chi connectivity index (χ2n) is 6.33. The van der Waals surface area contributed by atoms with Crippen LogP contribution in [0.2, 0.25) is 0 Å². The van der Waals surface area contributed by atoms with E-state index in [1.807, 2.05) is 25.9 Å². The molecule has 0 aliphatic carbocycles. The molecule has 0 unspecified atom stereocenters. The number of anilines is 1. The van der Waals surface area contributed by atoms with Crippen molar-refractivity contribution in [2.45, 2.75) is 6.92 Å². The third-order valence-corrected chi connectivity index (χ3v) is 5.04. The van der Waals surface area contributed by atoms with Crippen molar-refractivity contribution in [1.82, 2.24) is 9.88 Å². The first-order valence-electron chi connectivity index (χ1n) is 8.73. The van der Waals surface area contributed by atoms with Crippen molar-refractivity contribution in [1.29, 1.82) is 0 Å². The van der Waals surface area contributed by atoms with E-state index in [1.54, 1.807) is 35.2 Å². The molecule has 0 bridgehead atoms. The fourth-order valence-electron chi connectivity index (χ4n) is 2.60. The zero-order valence-electron chi connectivity index (χ0n) is 15.6. The number of thiazole rings is 1. The van der Waals surface area contributed by atoms with Crippen molar-refractivity contribution < 1.29 is 13.9 Å². The Balaban J connectivity index is 1.92. The van der Waals surface area contributed by atoms with Gasteiger partial charge in [-0.05, 0) is 63.5 Å². The highest BCUT2D eigenvalue weighted by Crippen LogP contribution is 2.30. The summed E-state index contributed by atoms with van der Waals surface area (Å²) in [5.74, 6) is 0.277. The number of ether oxygens (including phenoxy) is 1. The molecule has 27 heavy (non-hydrogen) atoms. The number of amides is 1. The maximum atomic E-state index is 13.5. The smallest absolute Gasteiger partial charge is 0.260 e. The number of carbonyl (C=O) groups excluding carboxylic acids is 1. The van der Waals surface area contributed by atoms with Gasteiger partial charge in [-0.3, -0.25) is 9.69 Å². The van der Waals surface area contributed by atoms with Gasteiger partial charge < -0.3 is 9.64 Å². The van der Waals surface area contributed by atoms with Gasteiger partial charge in [0, 0.05) is 18.7 Å². The molecule has 1 heterocycles. The number of halogens is 1. The summed E-state index contributed by atoms with van der Waals surface area (Å²) in [7, 11) is 3.90. The predicted molar refractivity (Wildman–Crippen MR) is 107 cm³/mol. The number of likely N-dealkylation sites (N-methyl/N-ethyl adjacent to an activating group) is 1. The van der Waals surface area contributed by atoms with E-state index in [0.29, 0.717) is 35.9 Å². The zero-order chi connectivity index (χ0) is 19.4. The summed E-state index contributed by atoms with van der Waals surface area (Å²) >= 11 is 1.32. The highest BCUT2D eigenvalue weighted by Gasteiger charge is 2.21. The molecule has 3 rings (SSSR count). The average Bonchev–Trinajstić information content (AvgIpc) is 3.05. The normalized spacial score (nSPS) is 11.1. The SMILES string of the molecule is CCOc1ccc(C(=O)N(CCN(C)C)c2nc3ccc(F)cc3s2)cc1. The van der Waals surface area contributed by atoms with E-state index in [1.165, 1.54) is 23.5 Å². The number of carbonyl (C=O) groups is 1. The maximum absolute atomic E-state index is 13.5. The molecular weight excluding hydrogens is 365 g/mol. The Morgan fingerprint density at radius 2 is 1.89 bits per heavy atom. The molecule has 1 amide bonds. The van der Waals surface area contributed by atoms with Crippen LogP contribution in [0.4, 0.5) is 9.52 Å². The van der Waals surface area contributed by atoms with Gasteiger partial charge in [0.15, 0.2) is 5.13 Å². The van der Waals surface area contributed by atoms with Crippen molar-refractivity contribution >= 4 is 32.6 Å². The molecule has 0 radical (unpaired) electrons. The third-order valence-electron chi connectivity index (χ3n) is 4.00. The fourth-order valence-corrected chi connectivity index (χ4v) is 3.62. The Morgan fingerprint density at radius 1 is 1.15 bits per heavy atom. The lowest BCUT2D eigenvalue weighted by atomic mass is 10.2. The highest BCUT2D eigenvalue weighted by molar-refractivity contribution is 7.22. The summed E-state index contributed by atoms with van der Waals surface area (Å²) in [6.07, 6.45) is 0. The second kappa shape index (κ2) is 8.45. The number of benzene rings is 2. The highest BCUT2D eigenvalue weighted by atomic mass is 32.1. The van der Waals surface area contributed by atoms with Crippen LogP contribution in [-0.2, 0) is 0 Å². The van der Waals surface area contributed by atoms with E-state index < -0.39 is 0 Å². The van der Waals surface area contributed by atoms with E-state index in [2.05, 4.69) is 4.98 Å². The Bertz CT molecular complexity index is 925. The second-order valence-corrected chi connectivity index (χ2v) is 7.34. The van der Waals surface area contributed by atoms with Gasteiger partial charge in [-0.25, -0.2) is 9.37 Å². The van der Waals surface area contributed by atoms with Crippen LogP contribution in [-0.4, -0.2) is 49.6 Å². The first-order valence-corrected chi connectivity index (χ1v) is 9.55. The van der Waals surface area contributed by atoms with Crippen molar-refractivity contribution in [2.75, 3.05) is 38.7 Å². The Morgan fingerprint density at radius 3 is 2.56 bits per heavy atom. The van der Waals surface area contributed by atoms with Gasteiger partial charge in [0.05, 0.1) is 16.8 Å². The van der Waals surface area contributed by atoms with Crippen molar-refractivity contribution in [3.05, 3.63) is 53.8 Å². The number of hydrogen-bond acceptors (Lipinski definition) is 5. The van der Waals surface area contributed by atoms with Crippen LogP contribution < -0.4 is 9.64 Å². The van der Waals surface area contributed by atoms with Crippen LogP contribution in [0.25, 0.3) is 10.2 Å². The molecule has 5 nitrogen and oxygen atoms in total.